The second kappa shape index (κ2) is 6.42. The van der Waals surface area contributed by atoms with Crippen LogP contribution in [0.3, 0.4) is 0 Å². The molecule has 0 amide bonds. The number of rotatable bonds is 3. The van der Waals surface area contributed by atoms with E-state index in [0.29, 0.717) is 0 Å². The van der Waals surface area contributed by atoms with Gasteiger partial charge in [0.15, 0.2) is 0 Å². The molecule has 0 atom stereocenters. The molecule has 0 unspecified atom stereocenters. The molecular formula is C15H13Br3O. The summed E-state index contributed by atoms with van der Waals surface area (Å²) in [6, 6.07) is 10.1. The summed E-state index contributed by atoms with van der Waals surface area (Å²) in [7, 11) is 0. The SMILES string of the molecule is Cc1cc(Oc2ccc(CBr)c(Br)c2)cc(C)c1Br. The van der Waals surface area contributed by atoms with E-state index >= 15 is 0 Å². The minimum atomic E-state index is 0.824. The molecule has 0 radical (unpaired) electrons. The normalized spacial score (nSPS) is 10.6. The Morgan fingerprint density at radius 1 is 0.947 bits per heavy atom. The highest BCUT2D eigenvalue weighted by molar-refractivity contribution is 9.11. The molecular weight excluding hydrogens is 436 g/mol. The number of ether oxygens (including phenoxy) is 1. The maximum absolute atomic E-state index is 5.91. The summed E-state index contributed by atoms with van der Waals surface area (Å²) < 4.78 is 8.09. The van der Waals surface area contributed by atoms with Gasteiger partial charge in [-0.25, -0.2) is 0 Å². The molecule has 19 heavy (non-hydrogen) atoms. The van der Waals surface area contributed by atoms with Crippen molar-refractivity contribution in [2.75, 3.05) is 0 Å². The maximum atomic E-state index is 5.91. The van der Waals surface area contributed by atoms with Gasteiger partial charge in [0.1, 0.15) is 11.5 Å². The van der Waals surface area contributed by atoms with Crippen LogP contribution in [0.1, 0.15) is 16.7 Å². The molecule has 2 aromatic carbocycles. The highest BCUT2D eigenvalue weighted by Crippen LogP contribution is 2.31. The Balaban J connectivity index is 2.29. The van der Waals surface area contributed by atoms with Gasteiger partial charge in [-0.1, -0.05) is 53.9 Å². The number of halogens is 3. The van der Waals surface area contributed by atoms with E-state index in [1.807, 2.05) is 30.3 Å². The molecule has 0 N–H and O–H groups in total. The Labute approximate surface area is 138 Å². The zero-order chi connectivity index (χ0) is 14.0. The Kier molecular flexibility index (Phi) is 5.09. The highest BCUT2D eigenvalue weighted by Gasteiger charge is 2.06. The molecule has 2 rings (SSSR count). The number of hydrogen-bond donors (Lipinski definition) is 0. The van der Waals surface area contributed by atoms with Crippen molar-refractivity contribution in [3.63, 3.8) is 0 Å². The van der Waals surface area contributed by atoms with Crippen molar-refractivity contribution in [2.24, 2.45) is 0 Å². The third-order valence-electron chi connectivity index (χ3n) is 2.81. The molecule has 0 aliphatic heterocycles. The van der Waals surface area contributed by atoms with Crippen LogP contribution in [-0.4, -0.2) is 0 Å². The zero-order valence-electron chi connectivity index (χ0n) is 10.6. The molecule has 4 heteroatoms. The molecule has 0 bridgehead atoms. The van der Waals surface area contributed by atoms with Gasteiger partial charge in [-0.3, -0.25) is 0 Å². The minimum Gasteiger partial charge on any atom is -0.457 e. The fourth-order valence-electron chi connectivity index (χ4n) is 1.80. The smallest absolute Gasteiger partial charge is 0.128 e. The Hall–Kier alpha value is -0.320. The Morgan fingerprint density at radius 3 is 2.11 bits per heavy atom. The van der Waals surface area contributed by atoms with Gasteiger partial charge < -0.3 is 4.74 Å². The van der Waals surface area contributed by atoms with Crippen molar-refractivity contribution in [1.82, 2.24) is 0 Å². The van der Waals surface area contributed by atoms with Gasteiger partial charge in [0.2, 0.25) is 0 Å². The van der Waals surface area contributed by atoms with Gasteiger partial charge >= 0.3 is 0 Å². The third kappa shape index (κ3) is 3.61. The molecule has 0 aliphatic rings. The minimum absolute atomic E-state index is 0.824. The lowest BCUT2D eigenvalue weighted by atomic mass is 10.1. The predicted molar refractivity (Wildman–Crippen MR) is 90.5 cm³/mol. The van der Waals surface area contributed by atoms with Crippen molar-refractivity contribution >= 4 is 47.8 Å². The van der Waals surface area contributed by atoms with Crippen LogP contribution in [0.5, 0.6) is 11.5 Å². The van der Waals surface area contributed by atoms with Crippen LogP contribution in [0.25, 0.3) is 0 Å². The molecule has 0 aromatic heterocycles. The van der Waals surface area contributed by atoms with E-state index in [-0.39, 0.29) is 0 Å². The van der Waals surface area contributed by atoms with E-state index in [2.05, 4.69) is 61.6 Å². The van der Waals surface area contributed by atoms with Crippen molar-refractivity contribution < 1.29 is 4.74 Å². The first-order chi connectivity index (χ1) is 9.01. The summed E-state index contributed by atoms with van der Waals surface area (Å²) >= 11 is 10.6. The maximum Gasteiger partial charge on any atom is 0.128 e. The largest absolute Gasteiger partial charge is 0.457 e. The molecule has 0 saturated heterocycles. The molecule has 2 aromatic rings. The second-order valence-corrected chi connectivity index (χ2v) is 6.57. The van der Waals surface area contributed by atoms with E-state index < -0.39 is 0 Å². The zero-order valence-corrected chi connectivity index (χ0v) is 15.4. The summed E-state index contributed by atoms with van der Waals surface area (Å²) in [6.07, 6.45) is 0. The number of hydrogen-bond acceptors (Lipinski definition) is 1. The summed E-state index contributed by atoms with van der Waals surface area (Å²) in [5.41, 5.74) is 3.55. The van der Waals surface area contributed by atoms with E-state index in [9.17, 15) is 0 Å². The quantitative estimate of drug-likeness (QED) is 0.486. The van der Waals surface area contributed by atoms with Crippen LogP contribution >= 0.6 is 47.8 Å². The molecule has 0 aliphatic carbocycles. The Morgan fingerprint density at radius 2 is 1.58 bits per heavy atom. The summed E-state index contributed by atoms with van der Waals surface area (Å²) in [5.74, 6) is 1.69. The van der Waals surface area contributed by atoms with Gasteiger partial charge in [0.25, 0.3) is 0 Å². The van der Waals surface area contributed by atoms with Crippen molar-refractivity contribution in [3.8, 4) is 11.5 Å². The molecule has 100 valence electrons. The molecule has 0 saturated carbocycles. The lowest BCUT2D eigenvalue weighted by molar-refractivity contribution is 0.481. The van der Waals surface area contributed by atoms with Crippen LogP contribution in [0.2, 0.25) is 0 Å². The van der Waals surface area contributed by atoms with Gasteiger partial charge in [0.05, 0.1) is 0 Å². The van der Waals surface area contributed by atoms with Crippen molar-refractivity contribution in [3.05, 3.63) is 56.0 Å². The lowest BCUT2D eigenvalue weighted by Crippen LogP contribution is -1.89. The molecule has 1 nitrogen and oxygen atoms in total. The molecule has 0 heterocycles. The fourth-order valence-corrected chi connectivity index (χ4v) is 3.39. The van der Waals surface area contributed by atoms with E-state index in [4.69, 9.17) is 4.74 Å². The van der Waals surface area contributed by atoms with Gasteiger partial charge in [0, 0.05) is 14.3 Å². The average molecular weight is 449 g/mol. The first kappa shape index (κ1) is 15.1. The number of benzene rings is 2. The highest BCUT2D eigenvalue weighted by atomic mass is 79.9. The van der Waals surface area contributed by atoms with Crippen LogP contribution in [0.4, 0.5) is 0 Å². The first-order valence-electron chi connectivity index (χ1n) is 5.80. The third-order valence-corrected chi connectivity index (χ3v) is 5.41. The van der Waals surface area contributed by atoms with Gasteiger partial charge in [-0.15, -0.1) is 0 Å². The van der Waals surface area contributed by atoms with Crippen LogP contribution in [0.15, 0.2) is 39.3 Å². The monoisotopic (exact) mass is 446 g/mol. The first-order valence-corrected chi connectivity index (χ1v) is 8.51. The Bertz CT molecular complexity index is 585. The van der Waals surface area contributed by atoms with Crippen molar-refractivity contribution in [1.29, 1.82) is 0 Å². The average Bonchev–Trinajstić information content (AvgIpc) is 2.36. The number of alkyl halides is 1. The van der Waals surface area contributed by atoms with Crippen molar-refractivity contribution in [2.45, 2.75) is 19.2 Å². The summed E-state index contributed by atoms with van der Waals surface area (Å²) in [6.45, 7) is 4.13. The van der Waals surface area contributed by atoms with Crippen LogP contribution in [0, 0.1) is 13.8 Å². The topological polar surface area (TPSA) is 9.23 Å². The standard InChI is InChI=1S/C15H13Br3O/c1-9-5-13(6-10(2)15(9)18)19-12-4-3-11(8-16)14(17)7-12/h3-7H,8H2,1-2H3. The van der Waals surface area contributed by atoms with Gasteiger partial charge in [-0.05, 0) is 54.8 Å². The van der Waals surface area contributed by atoms with E-state index in [1.54, 1.807) is 0 Å². The van der Waals surface area contributed by atoms with E-state index in [1.165, 1.54) is 16.7 Å². The number of aryl methyl sites for hydroxylation is 2. The van der Waals surface area contributed by atoms with E-state index in [0.717, 1.165) is 25.8 Å². The lowest BCUT2D eigenvalue weighted by Gasteiger charge is -2.11. The van der Waals surface area contributed by atoms with Gasteiger partial charge in [-0.2, -0.15) is 0 Å². The molecule has 0 spiro atoms. The summed E-state index contributed by atoms with van der Waals surface area (Å²) in [5, 5.41) is 0.824. The fraction of sp³-hybridized carbons (Fsp3) is 0.200. The van der Waals surface area contributed by atoms with Crippen LogP contribution < -0.4 is 4.74 Å². The second-order valence-electron chi connectivity index (χ2n) is 4.36. The predicted octanol–water partition coefficient (Wildman–Crippen LogP) is 6.52. The molecule has 0 fully saturated rings. The van der Waals surface area contributed by atoms with Crippen LogP contribution in [-0.2, 0) is 5.33 Å². The summed E-state index contributed by atoms with van der Waals surface area (Å²) in [4.78, 5) is 0.